The Morgan fingerprint density at radius 3 is 2.89 bits per heavy atom. The van der Waals surface area contributed by atoms with E-state index in [1.54, 1.807) is 15.9 Å². The molecular formula is C18H21N5O3S. The van der Waals surface area contributed by atoms with E-state index < -0.39 is 18.1 Å². The number of rotatable bonds is 4. The van der Waals surface area contributed by atoms with Gasteiger partial charge in [-0.05, 0) is 30.7 Å². The molecule has 27 heavy (non-hydrogen) atoms. The van der Waals surface area contributed by atoms with Crippen molar-refractivity contribution in [3.63, 3.8) is 0 Å². The van der Waals surface area contributed by atoms with Crippen LogP contribution in [0.5, 0.6) is 0 Å². The van der Waals surface area contributed by atoms with Gasteiger partial charge in [0.2, 0.25) is 11.8 Å². The first-order valence-corrected chi connectivity index (χ1v) is 10.00. The molecule has 3 fully saturated rings. The molecule has 0 aromatic carbocycles. The van der Waals surface area contributed by atoms with E-state index in [1.807, 2.05) is 11.4 Å². The van der Waals surface area contributed by atoms with E-state index in [2.05, 4.69) is 6.07 Å². The van der Waals surface area contributed by atoms with E-state index in [9.17, 15) is 14.4 Å². The summed E-state index contributed by atoms with van der Waals surface area (Å²) in [5.41, 5.74) is 6.09. The van der Waals surface area contributed by atoms with Crippen LogP contribution in [0.15, 0.2) is 17.5 Å². The second-order valence-corrected chi connectivity index (χ2v) is 8.20. The summed E-state index contributed by atoms with van der Waals surface area (Å²) >= 11 is 1.37. The van der Waals surface area contributed by atoms with Gasteiger partial charge < -0.3 is 20.4 Å². The Bertz CT molecular complexity index is 804. The molecule has 1 aromatic rings. The molecule has 1 aromatic heterocycles. The monoisotopic (exact) mass is 387 g/mol. The van der Waals surface area contributed by atoms with E-state index in [4.69, 9.17) is 11.0 Å². The molecule has 4 heterocycles. The second-order valence-electron chi connectivity index (χ2n) is 7.26. The average molecular weight is 387 g/mol. The van der Waals surface area contributed by atoms with Crippen molar-refractivity contribution in [1.82, 2.24) is 14.7 Å². The SMILES string of the molecule is N#CC1CCCN1C(=O)C(N)CN1C(=O)C2CC1CN2C(=O)c1cccs1. The number of likely N-dealkylation sites (tertiary alicyclic amines) is 3. The molecule has 3 aliphatic rings. The van der Waals surface area contributed by atoms with Crippen molar-refractivity contribution in [2.75, 3.05) is 19.6 Å². The normalized spacial score (nSPS) is 27.9. The molecule has 4 unspecified atom stereocenters. The van der Waals surface area contributed by atoms with Crippen molar-refractivity contribution in [2.45, 2.75) is 43.4 Å². The molecule has 4 atom stereocenters. The number of nitrogens with two attached hydrogens (primary N) is 1. The standard InChI is InChI=1S/C18H21N5O3S/c19-8-11-3-1-5-21(11)16(24)13(20)10-22-12-7-14(17(22)25)23(9-12)18(26)15-4-2-6-27-15/h2,4,6,11-14H,1,3,5,7,9-10,20H2. The van der Waals surface area contributed by atoms with Gasteiger partial charge in [0, 0.05) is 19.6 Å². The Balaban J connectivity index is 1.40. The van der Waals surface area contributed by atoms with Crippen LogP contribution in [0.2, 0.25) is 0 Å². The topological polar surface area (TPSA) is 111 Å². The number of amides is 3. The fraction of sp³-hybridized carbons (Fsp3) is 0.556. The molecule has 3 amide bonds. The van der Waals surface area contributed by atoms with Gasteiger partial charge in [0.25, 0.3) is 5.91 Å². The zero-order valence-electron chi connectivity index (χ0n) is 14.8. The first-order chi connectivity index (χ1) is 13.0. The summed E-state index contributed by atoms with van der Waals surface area (Å²) in [6.07, 6.45) is 2.05. The summed E-state index contributed by atoms with van der Waals surface area (Å²) in [7, 11) is 0. The van der Waals surface area contributed by atoms with Crippen LogP contribution in [0, 0.1) is 11.3 Å². The predicted molar refractivity (Wildman–Crippen MR) is 97.6 cm³/mol. The Morgan fingerprint density at radius 1 is 1.41 bits per heavy atom. The van der Waals surface area contributed by atoms with Crippen LogP contribution in [0.25, 0.3) is 0 Å². The third-order valence-corrected chi connectivity index (χ3v) is 6.53. The van der Waals surface area contributed by atoms with Crippen molar-refractivity contribution in [2.24, 2.45) is 5.73 Å². The lowest BCUT2D eigenvalue weighted by Crippen LogP contribution is -2.57. The number of hydrogen-bond donors (Lipinski definition) is 1. The summed E-state index contributed by atoms with van der Waals surface area (Å²) < 4.78 is 0. The number of fused-ring (bicyclic) bond motifs is 2. The van der Waals surface area contributed by atoms with Gasteiger partial charge in [0.1, 0.15) is 18.1 Å². The van der Waals surface area contributed by atoms with Crippen LogP contribution in [0.1, 0.15) is 28.9 Å². The minimum atomic E-state index is -0.844. The zero-order chi connectivity index (χ0) is 19.1. The maximum absolute atomic E-state index is 12.8. The van der Waals surface area contributed by atoms with E-state index in [1.165, 1.54) is 16.2 Å². The van der Waals surface area contributed by atoms with Gasteiger partial charge >= 0.3 is 0 Å². The van der Waals surface area contributed by atoms with Gasteiger partial charge in [-0.2, -0.15) is 5.26 Å². The van der Waals surface area contributed by atoms with E-state index in [0.29, 0.717) is 30.8 Å². The second kappa shape index (κ2) is 6.94. The summed E-state index contributed by atoms with van der Waals surface area (Å²) in [5, 5.41) is 11.0. The number of carbonyl (C=O) groups excluding carboxylic acids is 3. The lowest BCUT2D eigenvalue weighted by molar-refractivity contribution is -0.138. The minimum Gasteiger partial charge on any atom is -0.334 e. The first-order valence-electron chi connectivity index (χ1n) is 9.12. The van der Waals surface area contributed by atoms with Crippen LogP contribution in [0.4, 0.5) is 0 Å². The largest absolute Gasteiger partial charge is 0.334 e. The van der Waals surface area contributed by atoms with Crippen LogP contribution < -0.4 is 5.73 Å². The van der Waals surface area contributed by atoms with E-state index >= 15 is 0 Å². The highest BCUT2D eigenvalue weighted by atomic mass is 32.1. The van der Waals surface area contributed by atoms with Crippen molar-refractivity contribution in [3.05, 3.63) is 22.4 Å². The lowest BCUT2D eigenvalue weighted by Gasteiger charge is -2.35. The average Bonchev–Trinajstić information content (AvgIpc) is 3.45. The Labute approximate surface area is 161 Å². The van der Waals surface area contributed by atoms with Crippen molar-refractivity contribution < 1.29 is 14.4 Å². The molecule has 9 heteroatoms. The molecule has 3 saturated heterocycles. The highest BCUT2D eigenvalue weighted by molar-refractivity contribution is 7.12. The van der Waals surface area contributed by atoms with Gasteiger partial charge in [-0.3, -0.25) is 14.4 Å². The Kier molecular flexibility index (Phi) is 4.61. The molecule has 3 aliphatic heterocycles. The molecule has 2 N–H and O–H groups in total. The molecule has 8 nitrogen and oxygen atoms in total. The van der Waals surface area contributed by atoms with Crippen molar-refractivity contribution in [1.29, 1.82) is 5.26 Å². The maximum Gasteiger partial charge on any atom is 0.264 e. The maximum atomic E-state index is 12.8. The fourth-order valence-corrected chi connectivity index (χ4v) is 5.00. The van der Waals surface area contributed by atoms with Gasteiger partial charge in [0.15, 0.2) is 0 Å². The Hall–Kier alpha value is -2.44. The molecule has 0 saturated carbocycles. The third-order valence-electron chi connectivity index (χ3n) is 5.68. The third kappa shape index (κ3) is 2.99. The van der Waals surface area contributed by atoms with Crippen LogP contribution in [-0.2, 0) is 9.59 Å². The van der Waals surface area contributed by atoms with Crippen molar-refractivity contribution in [3.8, 4) is 6.07 Å². The number of nitrogens with zero attached hydrogens (tertiary/aromatic N) is 4. The quantitative estimate of drug-likeness (QED) is 0.783. The number of carbonyl (C=O) groups is 3. The van der Waals surface area contributed by atoms with Gasteiger partial charge in [-0.1, -0.05) is 6.07 Å². The first kappa shape index (κ1) is 17.9. The summed E-state index contributed by atoms with van der Waals surface area (Å²) in [6.45, 7) is 1.14. The lowest BCUT2D eigenvalue weighted by atomic mass is 10.2. The molecule has 4 rings (SSSR count). The highest BCUT2D eigenvalue weighted by Crippen LogP contribution is 2.33. The zero-order valence-corrected chi connectivity index (χ0v) is 15.6. The Morgan fingerprint density at radius 2 is 2.22 bits per heavy atom. The van der Waals surface area contributed by atoms with E-state index in [0.717, 1.165) is 6.42 Å². The summed E-state index contributed by atoms with van der Waals surface area (Å²) in [6, 6.07) is 3.88. The molecule has 0 aliphatic carbocycles. The smallest absolute Gasteiger partial charge is 0.264 e. The van der Waals surface area contributed by atoms with Gasteiger partial charge in [0.05, 0.1) is 17.0 Å². The number of hydrogen-bond acceptors (Lipinski definition) is 6. The molecule has 142 valence electrons. The van der Waals surface area contributed by atoms with Crippen LogP contribution >= 0.6 is 11.3 Å². The van der Waals surface area contributed by atoms with Gasteiger partial charge in [-0.25, -0.2) is 0 Å². The summed E-state index contributed by atoms with van der Waals surface area (Å²) in [5.74, 6) is -0.529. The van der Waals surface area contributed by atoms with Gasteiger partial charge in [-0.15, -0.1) is 11.3 Å². The van der Waals surface area contributed by atoms with Crippen LogP contribution in [0.3, 0.4) is 0 Å². The minimum absolute atomic E-state index is 0.101. The molecular weight excluding hydrogens is 366 g/mol. The molecule has 0 spiro atoms. The number of piperazine rings is 1. The summed E-state index contributed by atoms with van der Waals surface area (Å²) in [4.78, 5) is 43.3. The highest BCUT2D eigenvalue weighted by Gasteiger charge is 2.52. The predicted octanol–water partition coefficient (Wildman–Crippen LogP) is 0.0153. The molecule has 2 bridgehead atoms. The fourth-order valence-electron chi connectivity index (χ4n) is 4.32. The number of nitriles is 1. The van der Waals surface area contributed by atoms with Crippen LogP contribution in [-0.4, -0.2) is 76.2 Å². The number of thiophene rings is 1. The van der Waals surface area contributed by atoms with Crippen molar-refractivity contribution >= 4 is 29.1 Å². The molecule has 0 radical (unpaired) electrons. The van der Waals surface area contributed by atoms with E-state index in [-0.39, 0.29) is 30.3 Å².